The number of hydrogen-bond acceptors (Lipinski definition) is 4. The number of carbonyl (C=O) groups excluding carboxylic acids is 1. The average molecular weight is 802 g/mol. The van der Waals surface area contributed by atoms with Crippen molar-refractivity contribution in [2.75, 3.05) is 6.61 Å². The van der Waals surface area contributed by atoms with Gasteiger partial charge in [0, 0.05) is 0 Å². The second kappa shape index (κ2) is 47.3. The Morgan fingerprint density at radius 3 is 1.07 bits per heavy atom. The number of aliphatic hydroxyl groups is 3. The Kier molecular flexibility index (Phi) is 46.1. The molecule has 57 heavy (non-hydrogen) atoms. The third kappa shape index (κ3) is 42.5. The quantitative estimate of drug-likeness (QED) is 0.0365. The first kappa shape index (κ1) is 55.6. The van der Waals surface area contributed by atoms with Gasteiger partial charge in [-0.1, -0.05) is 243 Å². The second-order valence-electron chi connectivity index (χ2n) is 17.4. The molecular weight excluding hydrogens is 703 g/mol. The maximum absolute atomic E-state index is 12.5. The molecule has 0 spiro atoms. The molecule has 5 nitrogen and oxygen atoms in total. The van der Waals surface area contributed by atoms with Crippen LogP contribution in [-0.2, 0) is 4.79 Å². The number of allylic oxidation sites excluding steroid dienone is 5. The van der Waals surface area contributed by atoms with E-state index in [-0.39, 0.29) is 6.61 Å². The zero-order valence-electron chi connectivity index (χ0n) is 38.2. The zero-order chi connectivity index (χ0) is 41.5. The standard InChI is InChI=1S/C52H99NO4/c1-3-5-7-9-11-13-15-17-18-19-20-21-22-23-24-25-26-27-28-29-30-31-32-33-34-35-37-39-41-43-45-47-51(56)52(57)53-49(48-54)50(55)46-44-42-40-38-36-16-14-12-10-8-6-4-2/h23-24,36,38,44,46,49-51,54-56H,3-22,25-35,37,39-43,45,47-48H2,1-2H3,(H,53,57)/b24-23-,38-36+,46-44+. The molecule has 0 saturated carbocycles. The van der Waals surface area contributed by atoms with Gasteiger partial charge in [0.2, 0.25) is 5.91 Å². The van der Waals surface area contributed by atoms with Crippen molar-refractivity contribution in [2.45, 2.75) is 283 Å². The van der Waals surface area contributed by atoms with Crippen LogP contribution in [0.4, 0.5) is 0 Å². The molecule has 0 aromatic carbocycles. The van der Waals surface area contributed by atoms with E-state index in [0.29, 0.717) is 6.42 Å². The summed E-state index contributed by atoms with van der Waals surface area (Å²) in [6.45, 7) is 4.16. The Bertz CT molecular complexity index is 885. The number of nitrogens with one attached hydrogen (secondary N) is 1. The van der Waals surface area contributed by atoms with Gasteiger partial charge in [0.05, 0.1) is 18.8 Å². The van der Waals surface area contributed by atoms with Crippen LogP contribution < -0.4 is 5.32 Å². The molecule has 0 aromatic rings. The summed E-state index contributed by atoms with van der Waals surface area (Å²) < 4.78 is 0. The van der Waals surface area contributed by atoms with Crippen molar-refractivity contribution < 1.29 is 20.1 Å². The minimum atomic E-state index is -1.10. The Labute approximate surface area is 355 Å². The summed E-state index contributed by atoms with van der Waals surface area (Å²) in [4.78, 5) is 12.5. The van der Waals surface area contributed by atoms with Gasteiger partial charge in [0.15, 0.2) is 0 Å². The van der Waals surface area contributed by atoms with E-state index in [4.69, 9.17) is 0 Å². The molecule has 0 heterocycles. The third-order valence-corrected chi connectivity index (χ3v) is 11.7. The van der Waals surface area contributed by atoms with Gasteiger partial charge in [-0.25, -0.2) is 0 Å². The van der Waals surface area contributed by atoms with Crippen LogP contribution in [0, 0.1) is 0 Å². The number of unbranched alkanes of at least 4 members (excludes halogenated alkanes) is 34. The normalized spacial score (nSPS) is 13.7. The molecule has 336 valence electrons. The van der Waals surface area contributed by atoms with E-state index in [1.807, 2.05) is 6.08 Å². The van der Waals surface area contributed by atoms with Gasteiger partial charge >= 0.3 is 0 Å². The highest BCUT2D eigenvalue weighted by atomic mass is 16.3. The van der Waals surface area contributed by atoms with Gasteiger partial charge < -0.3 is 20.6 Å². The van der Waals surface area contributed by atoms with Crippen molar-refractivity contribution in [1.29, 1.82) is 0 Å². The monoisotopic (exact) mass is 802 g/mol. The maximum atomic E-state index is 12.5. The predicted octanol–water partition coefficient (Wildman–Crippen LogP) is 15.1. The summed E-state index contributed by atoms with van der Waals surface area (Å²) in [5, 5.41) is 33.1. The minimum absolute atomic E-state index is 0.375. The van der Waals surface area contributed by atoms with Gasteiger partial charge in [0.1, 0.15) is 6.10 Å². The van der Waals surface area contributed by atoms with Gasteiger partial charge in [-0.05, 0) is 57.8 Å². The highest BCUT2D eigenvalue weighted by molar-refractivity contribution is 5.80. The minimum Gasteiger partial charge on any atom is -0.394 e. The summed E-state index contributed by atoms with van der Waals surface area (Å²) in [5.74, 6) is -0.512. The first-order chi connectivity index (χ1) is 28.1. The number of rotatable bonds is 46. The summed E-state index contributed by atoms with van der Waals surface area (Å²) in [6, 6.07) is -0.812. The molecule has 3 unspecified atom stereocenters. The van der Waals surface area contributed by atoms with Crippen LogP contribution in [0.1, 0.15) is 264 Å². The van der Waals surface area contributed by atoms with Crippen molar-refractivity contribution in [3.05, 3.63) is 36.5 Å². The molecule has 0 aliphatic carbocycles. The Morgan fingerprint density at radius 1 is 0.421 bits per heavy atom. The van der Waals surface area contributed by atoms with Crippen LogP contribution in [-0.4, -0.2) is 46.1 Å². The topological polar surface area (TPSA) is 89.8 Å². The second-order valence-corrected chi connectivity index (χ2v) is 17.4. The molecule has 0 aromatic heterocycles. The molecule has 1 amide bonds. The molecule has 0 aliphatic heterocycles. The average Bonchev–Trinajstić information content (AvgIpc) is 3.22. The van der Waals surface area contributed by atoms with E-state index in [2.05, 4.69) is 43.5 Å². The summed E-state index contributed by atoms with van der Waals surface area (Å²) in [6.07, 6.45) is 60.7. The van der Waals surface area contributed by atoms with E-state index in [9.17, 15) is 20.1 Å². The van der Waals surface area contributed by atoms with E-state index in [1.54, 1.807) is 6.08 Å². The van der Waals surface area contributed by atoms with Crippen molar-refractivity contribution >= 4 is 5.91 Å². The van der Waals surface area contributed by atoms with E-state index in [0.717, 1.165) is 38.5 Å². The largest absolute Gasteiger partial charge is 0.394 e. The molecule has 0 bridgehead atoms. The van der Waals surface area contributed by atoms with Crippen LogP contribution in [0.5, 0.6) is 0 Å². The van der Waals surface area contributed by atoms with Crippen LogP contribution in [0.25, 0.3) is 0 Å². The lowest BCUT2D eigenvalue weighted by Crippen LogP contribution is -2.48. The lowest BCUT2D eigenvalue weighted by atomic mass is 10.0. The number of carbonyl (C=O) groups is 1. The Morgan fingerprint density at radius 2 is 0.719 bits per heavy atom. The predicted molar refractivity (Wildman–Crippen MR) is 250 cm³/mol. The molecule has 0 aliphatic rings. The Hall–Kier alpha value is -1.43. The van der Waals surface area contributed by atoms with E-state index < -0.39 is 24.2 Å². The van der Waals surface area contributed by atoms with Gasteiger partial charge in [-0.2, -0.15) is 0 Å². The van der Waals surface area contributed by atoms with Crippen molar-refractivity contribution in [2.24, 2.45) is 0 Å². The molecular formula is C52H99NO4. The first-order valence-electron chi connectivity index (χ1n) is 25.3. The molecule has 0 rings (SSSR count). The fourth-order valence-corrected chi connectivity index (χ4v) is 7.73. The summed E-state index contributed by atoms with van der Waals surface area (Å²) in [5.41, 5.74) is 0. The number of hydrogen-bond donors (Lipinski definition) is 4. The lowest BCUT2D eigenvalue weighted by Gasteiger charge is -2.21. The number of aliphatic hydroxyl groups excluding tert-OH is 3. The molecule has 0 fully saturated rings. The SMILES string of the molecule is CCCCCCCC/C=C/CC/C=C/C(O)C(CO)NC(=O)C(O)CCCCCCCCCCCCCCCCC/C=C\CCCCCCCCCCCCCC. The lowest BCUT2D eigenvalue weighted by molar-refractivity contribution is -0.131. The fourth-order valence-electron chi connectivity index (χ4n) is 7.73. The summed E-state index contributed by atoms with van der Waals surface area (Å²) in [7, 11) is 0. The molecule has 4 N–H and O–H groups in total. The van der Waals surface area contributed by atoms with Crippen LogP contribution in [0.15, 0.2) is 36.5 Å². The number of amides is 1. The van der Waals surface area contributed by atoms with E-state index in [1.165, 1.54) is 205 Å². The van der Waals surface area contributed by atoms with Gasteiger partial charge in [0.25, 0.3) is 0 Å². The van der Waals surface area contributed by atoms with Gasteiger partial charge in [-0.3, -0.25) is 4.79 Å². The Balaban J connectivity index is 3.53. The summed E-state index contributed by atoms with van der Waals surface area (Å²) >= 11 is 0. The van der Waals surface area contributed by atoms with Crippen molar-refractivity contribution in [1.82, 2.24) is 5.32 Å². The molecule has 0 saturated heterocycles. The van der Waals surface area contributed by atoms with Crippen LogP contribution >= 0.6 is 0 Å². The zero-order valence-corrected chi connectivity index (χ0v) is 38.2. The fraction of sp³-hybridized carbons (Fsp3) is 0.865. The van der Waals surface area contributed by atoms with Crippen LogP contribution in [0.2, 0.25) is 0 Å². The highest BCUT2D eigenvalue weighted by Gasteiger charge is 2.22. The third-order valence-electron chi connectivity index (χ3n) is 11.7. The molecule has 5 heteroatoms. The van der Waals surface area contributed by atoms with Crippen molar-refractivity contribution in [3.8, 4) is 0 Å². The highest BCUT2D eigenvalue weighted by Crippen LogP contribution is 2.16. The smallest absolute Gasteiger partial charge is 0.249 e. The van der Waals surface area contributed by atoms with Gasteiger partial charge in [-0.15, -0.1) is 0 Å². The van der Waals surface area contributed by atoms with Crippen LogP contribution in [0.3, 0.4) is 0 Å². The maximum Gasteiger partial charge on any atom is 0.249 e. The molecule has 0 radical (unpaired) electrons. The molecule has 3 atom stereocenters. The first-order valence-corrected chi connectivity index (χ1v) is 25.3. The van der Waals surface area contributed by atoms with E-state index >= 15 is 0 Å². The van der Waals surface area contributed by atoms with Crippen molar-refractivity contribution in [3.63, 3.8) is 0 Å².